The first-order chi connectivity index (χ1) is 22.6. The summed E-state index contributed by atoms with van der Waals surface area (Å²) in [6, 6.07) is 7.63. The molecule has 2 aliphatic carbocycles. The number of ether oxygens (including phenoxy) is 2. The molecule has 1 aliphatic heterocycles. The van der Waals surface area contributed by atoms with Crippen molar-refractivity contribution >= 4 is 27.5 Å². The van der Waals surface area contributed by atoms with E-state index in [1.807, 2.05) is 31.2 Å². The predicted octanol–water partition coefficient (Wildman–Crippen LogP) is 4.86. The monoisotopic (exact) mass is 662 g/mol. The molecule has 7 rings (SSSR count). The zero-order valence-corrected chi connectivity index (χ0v) is 28.1. The number of carbonyl (C=O) groups excluding carboxylic acids is 1. The maximum absolute atomic E-state index is 14.7. The number of likely N-dealkylation sites (tertiary alicyclic amines) is 1. The lowest BCUT2D eigenvalue weighted by atomic mass is 10.0. The van der Waals surface area contributed by atoms with Crippen molar-refractivity contribution in [1.29, 1.82) is 0 Å². The van der Waals surface area contributed by atoms with Gasteiger partial charge in [0.2, 0.25) is 11.8 Å². The first-order valence-corrected chi connectivity index (χ1v) is 17.3. The highest BCUT2D eigenvalue weighted by Gasteiger charge is 2.43. The average molecular weight is 663 g/mol. The normalized spacial score (nSPS) is 23.5. The van der Waals surface area contributed by atoms with Gasteiger partial charge in [-0.25, -0.2) is 14.3 Å². The maximum Gasteiger partial charge on any atom is 0.333 e. The van der Waals surface area contributed by atoms with Crippen LogP contribution >= 0.6 is 11.3 Å². The van der Waals surface area contributed by atoms with Crippen molar-refractivity contribution in [3.05, 3.63) is 68.7 Å². The van der Waals surface area contributed by atoms with E-state index < -0.39 is 22.9 Å². The molecule has 12 heteroatoms. The summed E-state index contributed by atoms with van der Waals surface area (Å²) in [6.45, 7) is 6.43. The topological polar surface area (TPSA) is 129 Å². The second-order valence-corrected chi connectivity index (χ2v) is 14.8. The van der Waals surface area contributed by atoms with Crippen LogP contribution in [0.2, 0.25) is 0 Å². The Morgan fingerprint density at radius 3 is 2.49 bits per heavy atom. The van der Waals surface area contributed by atoms with Crippen LogP contribution in [0.1, 0.15) is 69.6 Å². The van der Waals surface area contributed by atoms with Gasteiger partial charge in [0.25, 0.3) is 5.56 Å². The van der Waals surface area contributed by atoms with E-state index in [1.165, 1.54) is 17.6 Å². The highest BCUT2D eigenvalue weighted by molar-refractivity contribution is 7.22. The van der Waals surface area contributed by atoms with Gasteiger partial charge in [0.1, 0.15) is 28.5 Å². The number of thiophene rings is 1. The summed E-state index contributed by atoms with van der Waals surface area (Å²) < 4.78 is 21.0. The zero-order valence-electron chi connectivity index (χ0n) is 27.3. The van der Waals surface area contributed by atoms with Crippen molar-refractivity contribution in [2.45, 2.75) is 89.7 Å². The van der Waals surface area contributed by atoms with E-state index in [0.717, 1.165) is 48.7 Å². The third-order valence-electron chi connectivity index (χ3n) is 10.5. The minimum absolute atomic E-state index is 0.0642. The number of aryl methyl sites for hydroxylation is 1. The predicted molar refractivity (Wildman–Crippen MR) is 178 cm³/mol. The van der Waals surface area contributed by atoms with Crippen LogP contribution < -0.4 is 16.0 Å². The van der Waals surface area contributed by atoms with Gasteiger partial charge >= 0.3 is 5.69 Å². The van der Waals surface area contributed by atoms with Gasteiger partial charge in [-0.3, -0.25) is 14.2 Å². The summed E-state index contributed by atoms with van der Waals surface area (Å²) in [5.41, 5.74) is -1.09. The fourth-order valence-corrected chi connectivity index (χ4v) is 9.37. The molecular weight excluding hydrogens is 620 g/mol. The quantitative estimate of drug-likeness (QED) is 0.269. The SMILES string of the molecule is COc1ccccc1C(Cn1c(=O)n(C(C)(C)C(=O)N2CCCC2)c(=O)c2c(C)c(-c3ncco3)sc21)OC1CC2CC(O)CC2C1. The van der Waals surface area contributed by atoms with Crippen LogP contribution in [0.3, 0.4) is 0 Å². The van der Waals surface area contributed by atoms with E-state index in [4.69, 9.17) is 13.9 Å². The largest absolute Gasteiger partial charge is 0.496 e. The molecule has 47 heavy (non-hydrogen) atoms. The number of oxazole rings is 1. The van der Waals surface area contributed by atoms with Crippen molar-refractivity contribution in [1.82, 2.24) is 19.0 Å². The second-order valence-electron chi connectivity index (χ2n) is 13.8. The van der Waals surface area contributed by atoms with Gasteiger partial charge in [-0.1, -0.05) is 18.2 Å². The number of amides is 1. The van der Waals surface area contributed by atoms with Gasteiger partial charge in [-0.2, -0.15) is 0 Å². The smallest absolute Gasteiger partial charge is 0.333 e. The van der Waals surface area contributed by atoms with E-state index in [-0.39, 0.29) is 24.7 Å². The molecule has 0 spiro atoms. The van der Waals surface area contributed by atoms with Crippen LogP contribution in [0.25, 0.3) is 21.0 Å². The third kappa shape index (κ3) is 5.53. The molecule has 4 aromatic rings. The number of aromatic nitrogens is 3. The molecule has 3 fully saturated rings. The maximum atomic E-state index is 14.7. The van der Waals surface area contributed by atoms with E-state index in [9.17, 15) is 19.5 Å². The third-order valence-corrected chi connectivity index (χ3v) is 11.8. The van der Waals surface area contributed by atoms with Crippen molar-refractivity contribution in [3.8, 4) is 16.5 Å². The number of methoxy groups -OCH3 is 1. The standard InChI is InChI=1S/C35H42N4O7S/c1-20-28-31(41)39(35(2,3)33(42)37-12-7-8-13-37)34(43)38(32(28)47-29(20)30-36-11-14-45-30)19-27(25-9-5-6-10-26(25)44-4)46-24-17-21-15-23(40)16-22(21)18-24/h5-6,9-11,14,21-24,27,40H,7-8,12-13,15-19H2,1-4H3. The fraction of sp³-hybridized carbons (Fsp3) is 0.543. The van der Waals surface area contributed by atoms with E-state index in [2.05, 4.69) is 4.98 Å². The van der Waals surface area contributed by atoms with Gasteiger partial charge in [-0.05, 0) is 82.8 Å². The molecule has 1 saturated heterocycles. The van der Waals surface area contributed by atoms with Crippen molar-refractivity contribution in [2.75, 3.05) is 20.2 Å². The van der Waals surface area contributed by atoms with Gasteiger partial charge in [0, 0.05) is 18.7 Å². The zero-order chi connectivity index (χ0) is 33.0. The van der Waals surface area contributed by atoms with Crippen LogP contribution in [0.4, 0.5) is 0 Å². The molecule has 1 aromatic carbocycles. The first-order valence-electron chi connectivity index (χ1n) is 16.5. The van der Waals surface area contributed by atoms with Crippen LogP contribution in [0.15, 0.2) is 50.7 Å². The Morgan fingerprint density at radius 2 is 1.83 bits per heavy atom. The molecule has 1 N–H and O–H groups in total. The van der Waals surface area contributed by atoms with Gasteiger partial charge < -0.3 is 23.9 Å². The number of hydrogen-bond acceptors (Lipinski definition) is 9. The summed E-state index contributed by atoms with van der Waals surface area (Å²) in [4.78, 5) is 50.3. The molecule has 4 heterocycles. The van der Waals surface area contributed by atoms with Crippen molar-refractivity contribution in [2.24, 2.45) is 11.8 Å². The van der Waals surface area contributed by atoms with Crippen LogP contribution in [0.5, 0.6) is 5.75 Å². The highest BCUT2D eigenvalue weighted by Crippen LogP contribution is 2.47. The van der Waals surface area contributed by atoms with E-state index in [0.29, 0.717) is 57.2 Å². The Hall–Kier alpha value is -3.74. The summed E-state index contributed by atoms with van der Waals surface area (Å²) in [7, 11) is 1.61. The minimum atomic E-state index is -1.43. The number of hydrogen-bond donors (Lipinski definition) is 1. The molecule has 1 amide bonds. The average Bonchev–Trinajstić information content (AvgIpc) is 3.88. The molecule has 3 unspecified atom stereocenters. The van der Waals surface area contributed by atoms with Crippen LogP contribution in [-0.2, 0) is 21.6 Å². The lowest BCUT2D eigenvalue weighted by Gasteiger charge is -2.31. The fourth-order valence-electron chi connectivity index (χ4n) is 8.13. The van der Waals surface area contributed by atoms with Crippen LogP contribution in [0, 0.1) is 18.8 Å². The lowest BCUT2D eigenvalue weighted by Crippen LogP contribution is -2.56. The number of fused-ring (bicyclic) bond motifs is 2. The van der Waals surface area contributed by atoms with Crippen molar-refractivity contribution in [3.63, 3.8) is 0 Å². The van der Waals surface area contributed by atoms with Gasteiger partial charge in [-0.15, -0.1) is 11.3 Å². The summed E-state index contributed by atoms with van der Waals surface area (Å²) in [5, 5.41) is 10.6. The summed E-state index contributed by atoms with van der Waals surface area (Å²) in [6.07, 6.45) is 7.12. The lowest BCUT2D eigenvalue weighted by molar-refractivity contribution is -0.138. The number of carbonyl (C=O) groups is 1. The number of para-hydroxylation sites is 1. The second kappa shape index (κ2) is 12.4. The molecule has 0 bridgehead atoms. The first kappa shape index (κ1) is 31.8. The Kier molecular flexibility index (Phi) is 8.38. The highest BCUT2D eigenvalue weighted by atomic mass is 32.1. The van der Waals surface area contributed by atoms with Gasteiger partial charge in [0.05, 0.1) is 42.3 Å². The molecule has 250 valence electrons. The number of benzene rings is 1. The van der Waals surface area contributed by atoms with Gasteiger partial charge in [0.15, 0.2) is 0 Å². The number of aliphatic hydroxyl groups excluding tert-OH is 1. The molecule has 3 aromatic heterocycles. The number of rotatable bonds is 9. The molecule has 11 nitrogen and oxygen atoms in total. The Bertz CT molecular complexity index is 1890. The molecular formula is C35H42N4O7S. The molecule has 3 atom stereocenters. The molecule has 2 saturated carbocycles. The van der Waals surface area contributed by atoms with E-state index in [1.54, 1.807) is 36.6 Å². The Balaban J connectivity index is 1.39. The Morgan fingerprint density at radius 1 is 1.13 bits per heavy atom. The summed E-state index contributed by atoms with van der Waals surface area (Å²) in [5.74, 6) is 1.56. The molecule has 3 aliphatic rings. The number of nitrogens with zero attached hydrogens (tertiary/aromatic N) is 4. The van der Waals surface area contributed by atoms with E-state index >= 15 is 0 Å². The van der Waals surface area contributed by atoms with Crippen molar-refractivity contribution < 1.29 is 23.8 Å². The summed E-state index contributed by atoms with van der Waals surface area (Å²) >= 11 is 1.28. The van der Waals surface area contributed by atoms with Crippen LogP contribution in [-0.4, -0.2) is 62.4 Å². The number of aliphatic hydroxyl groups is 1. The Labute approximate surface area is 276 Å². The minimum Gasteiger partial charge on any atom is -0.496 e. The molecule has 0 radical (unpaired) electrons.